The summed E-state index contributed by atoms with van der Waals surface area (Å²) in [5.41, 5.74) is 12.7. The Balaban J connectivity index is 1.45. The van der Waals surface area contributed by atoms with Gasteiger partial charge in [-0.2, -0.15) is 0 Å². The van der Waals surface area contributed by atoms with Crippen molar-refractivity contribution >= 4 is 59.4 Å². The first-order chi connectivity index (χ1) is 20.2. The number of hydrogen-bond donors (Lipinski definition) is 0. The molecule has 4 aromatic rings. The fourth-order valence-corrected chi connectivity index (χ4v) is 40.2. The van der Waals surface area contributed by atoms with Crippen LogP contribution in [0.3, 0.4) is 0 Å². The molecule has 0 spiro atoms. The number of allylic oxidation sites excluding steroid dienone is 2. The van der Waals surface area contributed by atoms with E-state index >= 15 is 0 Å². The van der Waals surface area contributed by atoms with Crippen LogP contribution < -0.4 is 0 Å². The molecule has 4 aromatic carbocycles. The molecule has 0 heterocycles. The van der Waals surface area contributed by atoms with Crippen LogP contribution in [0.5, 0.6) is 0 Å². The minimum atomic E-state index is -4.65. The average Bonchev–Trinajstić information content (AvgIpc) is 3.53. The summed E-state index contributed by atoms with van der Waals surface area (Å²) in [6.45, 7) is 9.33. The molecule has 0 N–H and O–H groups in total. The van der Waals surface area contributed by atoms with Crippen molar-refractivity contribution in [2.45, 2.75) is 34.2 Å². The van der Waals surface area contributed by atoms with Gasteiger partial charge in [0.2, 0.25) is 0 Å². The predicted octanol–water partition coefficient (Wildman–Crippen LogP) is 11.6. The van der Waals surface area contributed by atoms with Crippen LogP contribution in [0.4, 0.5) is 0 Å². The summed E-state index contributed by atoms with van der Waals surface area (Å²) in [7, 11) is 16.7. The van der Waals surface area contributed by atoms with Gasteiger partial charge >= 0.3 is 262 Å². The second-order valence-electron chi connectivity index (χ2n) is 12.2. The van der Waals surface area contributed by atoms with Crippen molar-refractivity contribution in [3.8, 4) is 0 Å². The molecule has 6 rings (SSSR count). The molecule has 0 saturated carbocycles. The molecular formula is C38H37Cl2SiZr. The van der Waals surface area contributed by atoms with Crippen LogP contribution >= 0.6 is 17.0 Å². The number of fused-ring (bicyclic) bond motifs is 2. The van der Waals surface area contributed by atoms with E-state index in [9.17, 15) is 0 Å². The van der Waals surface area contributed by atoms with E-state index in [1.165, 1.54) is 55.7 Å². The second-order valence-corrected chi connectivity index (χ2v) is 54.7. The zero-order chi connectivity index (χ0) is 29.5. The van der Waals surface area contributed by atoms with Crippen molar-refractivity contribution in [3.05, 3.63) is 153 Å². The first-order valence-corrected chi connectivity index (χ1v) is 31.2. The monoisotopic (exact) mass is 681 g/mol. The predicted molar refractivity (Wildman–Crippen MR) is 187 cm³/mol. The van der Waals surface area contributed by atoms with Gasteiger partial charge in [-0.1, -0.05) is 0 Å². The van der Waals surface area contributed by atoms with Crippen molar-refractivity contribution in [3.63, 3.8) is 0 Å². The van der Waals surface area contributed by atoms with E-state index in [1.807, 2.05) is 0 Å². The maximum atomic E-state index is 8.36. The van der Waals surface area contributed by atoms with Crippen molar-refractivity contribution < 1.29 is 15.6 Å². The Morgan fingerprint density at radius 2 is 0.952 bits per heavy atom. The van der Waals surface area contributed by atoms with Crippen LogP contribution in [0.1, 0.15) is 65.6 Å². The minimum absolute atomic E-state index is 0.101. The van der Waals surface area contributed by atoms with E-state index < -0.39 is 21.5 Å². The SMILES string of the molecule is CC1=Cc2c(C=Cc3ccccc3)cccc2[CH]1[Zr]([Cl])([Cl])([CH]1C(C)=Cc2c(C=Cc3ccccc3)cccc21)[SiH](C)C. The van der Waals surface area contributed by atoms with E-state index in [0.717, 1.165) is 0 Å². The van der Waals surface area contributed by atoms with Gasteiger partial charge in [0, 0.05) is 0 Å². The zero-order valence-electron chi connectivity index (χ0n) is 24.7. The standard InChI is InChI=1S/2C18H15.C2H7Si.2ClH.Zr/c2*1-14-12-17-9-5-8-16(18(17)13-14)11-10-15-6-3-2-4-7-15;1-3-2;;;/h2*2-13H,1H3;3H,1-2H3;2*1H;/q;;;;;+2/p-2. The van der Waals surface area contributed by atoms with Gasteiger partial charge in [0.05, 0.1) is 0 Å². The molecule has 2 aliphatic carbocycles. The summed E-state index contributed by atoms with van der Waals surface area (Å²) in [6, 6.07) is 34.3. The molecule has 2 unspecified atom stereocenters. The Bertz CT molecular complexity index is 1640. The normalized spacial score (nSPS) is 19.1. The van der Waals surface area contributed by atoms with Gasteiger partial charge in [-0.05, 0) is 0 Å². The van der Waals surface area contributed by atoms with E-state index in [0.29, 0.717) is 0 Å². The number of halogens is 2. The number of hydrogen-bond acceptors (Lipinski definition) is 0. The van der Waals surface area contributed by atoms with E-state index in [1.54, 1.807) is 0 Å². The van der Waals surface area contributed by atoms with E-state index in [2.05, 4.69) is 160 Å². The second kappa shape index (κ2) is 11.5. The molecule has 42 heavy (non-hydrogen) atoms. The zero-order valence-corrected chi connectivity index (χ0v) is 29.8. The van der Waals surface area contributed by atoms with Crippen LogP contribution in [0.25, 0.3) is 36.5 Å². The third kappa shape index (κ3) is 5.05. The molecule has 0 bridgehead atoms. The van der Waals surface area contributed by atoms with Gasteiger partial charge in [0.15, 0.2) is 0 Å². The first kappa shape index (κ1) is 29.6. The number of rotatable bonds is 7. The van der Waals surface area contributed by atoms with E-state index in [4.69, 9.17) is 17.0 Å². The Kier molecular flexibility index (Phi) is 8.14. The summed E-state index contributed by atoms with van der Waals surface area (Å²) in [5, 5.41) is 0. The molecule has 211 valence electrons. The quantitative estimate of drug-likeness (QED) is 0.134. The summed E-state index contributed by atoms with van der Waals surface area (Å²) in [4.78, 5) is 0. The van der Waals surface area contributed by atoms with Crippen LogP contribution in [0, 0.1) is 0 Å². The molecule has 4 heteroatoms. The van der Waals surface area contributed by atoms with Gasteiger partial charge in [-0.3, -0.25) is 0 Å². The Morgan fingerprint density at radius 3 is 1.33 bits per heavy atom. The molecule has 0 nitrogen and oxygen atoms in total. The molecule has 0 radical (unpaired) electrons. The van der Waals surface area contributed by atoms with E-state index in [-0.39, 0.29) is 7.25 Å². The molecule has 2 atom stereocenters. The van der Waals surface area contributed by atoms with Crippen molar-refractivity contribution in [1.29, 1.82) is 0 Å². The molecule has 0 saturated heterocycles. The van der Waals surface area contributed by atoms with Gasteiger partial charge in [0.25, 0.3) is 0 Å². The molecule has 2 aliphatic rings. The summed E-state index contributed by atoms with van der Waals surface area (Å²) < 4.78 is 0.202. The molecule has 0 amide bonds. The summed E-state index contributed by atoms with van der Waals surface area (Å²) >= 11 is -4.65. The summed E-state index contributed by atoms with van der Waals surface area (Å²) in [6.07, 6.45) is 13.6. The Morgan fingerprint density at radius 1 is 0.548 bits per heavy atom. The molecule has 0 fully saturated rings. The van der Waals surface area contributed by atoms with Crippen LogP contribution in [0.2, 0.25) is 13.1 Å². The topological polar surface area (TPSA) is 0 Å². The van der Waals surface area contributed by atoms with Gasteiger partial charge in [-0.25, -0.2) is 0 Å². The van der Waals surface area contributed by atoms with Gasteiger partial charge < -0.3 is 0 Å². The van der Waals surface area contributed by atoms with Crippen LogP contribution in [-0.4, -0.2) is 5.92 Å². The first-order valence-electron chi connectivity index (χ1n) is 14.8. The Labute approximate surface area is 259 Å². The van der Waals surface area contributed by atoms with Crippen molar-refractivity contribution in [2.24, 2.45) is 0 Å². The Hall–Kier alpha value is -2.48. The van der Waals surface area contributed by atoms with Crippen molar-refractivity contribution in [2.75, 3.05) is 0 Å². The van der Waals surface area contributed by atoms with Gasteiger partial charge in [-0.15, -0.1) is 0 Å². The molecular weight excluding hydrogens is 647 g/mol. The summed E-state index contributed by atoms with van der Waals surface area (Å²) in [5.74, 6) is -1.56. The third-order valence-corrected chi connectivity index (χ3v) is 61.6. The molecule has 0 aliphatic heterocycles. The van der Waals surface area contributed by atoms with Crippen molar-refractivity contribution in [1.82, 2.24) is 0 Å². The third-order valence-electron chi connectivity index (χ3n) is 9.34. The van der Waals surface area contributed by atoms with Crippen LogP contribution in [-0.2, 0) is 15.6 Å². The van der Waals surface area contributed by atoms with Crippen LogP contribution in [0.15, 0.2) is 108 Å². The van der Waals surface area contributed by atoms with Gasteiger partial charge in [0.1, 0.15) is 0 Å². The fraction of sp³-hybridized carbons (Fsp3) is 0.158. The number of benzene rings is 4. The fourth-order valence-electron chi connectivity index (χ4n) is 7.24. The molecule has 0 aromatic heterocycles. The maximum absolute atomic E-state index is 8.36. The average molecular weight is 684 g/mol.